The Hall–Kier alpha value is -2.86. The minimum atomic E-state index is -0.461. The maximum Gasteiger partial charge on any atom is 0.417 e. The highest BCUT2D eigenvalue weighted by molar-refractivity contribution is 5.80. The Morgan fingerprint density at radius 3 is 3.00 bits per heavy atom. The van der Waals surface area contributed by atoms with Crippen LogP contribution in [0.1, 0.15) is 11.3 Å². The Balaban J connectivity index is 1.99. The quantitative estimate of drug-likeness (QED) is 0.593. The second-order valence-corrected chi connectivity index (χ2v) is 5.27. The number of hydrogen-bond acceptors (Lipinski definition) is 4. The molecule has 0 aliphatic rings. The van der Waals surface area contributed by atoms with Crippen LogP contribution in [0.25, 0.3) is 28.0 Å². The van der Waals surface area contributed by atoms with E-state index in [1.807, 2.05) is 41.8 Å². The van der Waals surface area contributed by atoms with E-state index in [1.165, 1.54) is 0 Å². The number of hydrogen-bond donors (Lipinski definition) is 2. The predicted octanol–water partition coefficient (Wildman–Crippen LogP) is 2.20. The van der Waals surface area contributed by atoms with E-state index in [9.17, 15) is 4.79 Å². The minimum Gasteiger partial charge on any atom is -0.408 e. The van der Waals surface area contributed by atoms with E-state index in [1.54, 1.807) is 6.07 Å². The van der Waals surface area contributed by atoms with Gasteiger partial charge in [0.15, 0.2) is 5.58 Å². The molecule has 1 aromatic carbocycles. The summed E-state index contributed by atoms with van der Waals surface area (Å²) in [6, 6.07) is 9.55. The molecule has 0 fully saturated rings. The summed E-state index contributed by atoms with van der Waals surface area (Å²) in [6.45, 7) is 2.39. The molecule has 6 heteroatoms. The molecule has 0 unspecified atom stereocenters. The number of H-pyrrole nitrogens is 1. The molecule has 0 saturated heterocycles. The highest BCUT2D eigenvalue weighted by Crippen LogP contribution is 2.27. The Morgan fingerprint density at radius 2 is 2.18 bits per heavy atom. The van der Waals surface area contributed by atoms with Gasteiger partial charge >= 0.3 is 5.76 Å². The molecule has 0 spiro atoms. The third kappa shape index (κ3) is 1.85. The maximum atomic E-state index is 11.3. The van der Waals surface area contributed by atoms with Gasteiger partial charge in [-0.3, -0.25) is 4.98 Å². The number of rotatable bonds is 2. The van der Waals surface area contributed by atoms with E-state index in [0.717, 1.165) is 28.2 Å². The van der Waals surface area contributed by atoms with Crippen LogP contribution in [0.15, 0.2) is 45.7 Å². The zero-order valence-corrected chi connectivity index (χ0v) is 12.0. The van der Waals surface area contributed by atoms with Gasteiger partial charge < -0.3 is 14.6 Å². The van der Waals surface area contributed by atoms with Gasteiger partial charge in [-0.25, -0.2) is 9.78 Å². The first-order valence-electron chi connectivity index (χ1n) is 6.96. The topological polar surface area (TPSA) is 89.3 Å². The van der Waals surface area contributed by atoms with Crippen LogP contribution in [0, 0.1) is 6.92 Å². The SMILES string of the molecule is Cc1ccn2c(CN)c(-c3ccc4[nH]c(=O)oc4c3)nc2c1. The fourth-order valence-corrected chi connectivity index (χ4v) is 2.72. The lowest BCUT2D eigenvalue weighted by Crippen LogP contribution is -2.02. The number of aryl methyl sites for hydroxylation is 1. The third-order valence-electron chi connectivity index (χ3n) is 3.77. The number of aromatic amines is 1. The van der Waals surface area contributed by atoms with Gasteiger partial charge in [-0.1, -0.05) is 6.07 Å². The van der Waals surface area contributed by atoms with Gasteiger partial charge in [0.2, 0.25) is 0 Å². The van der Waals surface area contributed by atoms with Crippen molar-refractivity contribution >= 4 is 16.7 Å². The smallest absolute Gasteiger partial charge is 0.408 e. The van der Waals surface area contributed by atoms with Crippen LogP contribution < -0.4 is 11.5 Å². The molecule has 3 aromatic heterocycles. The van der Waals surface area contributed by atoms with Crippen LogP contribution in [-0.4, -0.2) is 14.4 Å². The molecule has 0 aliphatic carbocycles. The summed E-state index contributed by atoms with van der Waals surface area (Å²) in [5.41, 5.74) is 11.7. The molecular weight excluding hydrogens is 280 g/mol. The molecule has 3 N–H and O–H groups in total. The molecule has 22 heavy (non-hydrogen) atoms. The molecule has 3 heterocycles. The molecule has 0 aliphatic heterocycles. The number of nitrogens with one attached hydrogen (secondary N) is 1. The van der Waals surface area contributed by atoms with Crippen LogP contribution in [0.3, 0.4) is 0 Å². The van der Waals surface area contributed by atoms with Crippen molar-refractivity contribution in [3.8, 4) is 11.3 Å². The highest BCUT2D eigenvalue weighted by Gasteiger charge is 2.14. The summed E-state index contributed by atoms with van der Waals surface area (Å²) in [5, 5.41) is 0. The molecule has 0 atom stereocenters. The van der Waals surface area contributed by atoms with Gasteiger partial charge in [0.1, 0.15) is 5.65 Å². The number of pyridine rings is 1. The first-order valence-corrected chi connectivity index (χ1v) is 6.96. The van der Waals surface area contributed by atoms with Crippen LogP contribution in [0.5, 0.6) is 0 Å². The number of fused-ring (bicyclic) bond motifs is 2. The number of aromatic nitrogens is 3. The average molecular weight is 294 g/mol. The fraction of sp³-hybridized carbons (Fsp3) is 0.125. The second-order valence-electron chi connectivity index (χ2n) is 5.27. The van der Waals surface area contributed by atoms with E-state index in [2.05, 4.69) is 9.97 Å². The van der Waals surface area contributed by atoms with Crippen LogP contribution in [-0.2, 0) is 6.54 Å². The average Bonchev–Trinajstić information content (AvgIpc) is 3.04. The Bertz CT molecular complexity index is 1060. The number of imidazole rings is 1. The number of nitrogens with two attached hydrogens (primary N) is 1. The number of oxazole rings is 1. The largest absolute Gasteiger partial charge is 0.417 e. The highest BCUT2D eigenvalue weighted by atomic mass is 16.4. The summed E-state index contributed by atoms with van der Waals surface area (Å²) in [7, 11) is 0. The summed E-state index contributed by atoms with van der Waals surface area (Å²) in [5.74, 6) is -0.461. The zero-order valence-electron chi connectivity index (χ0n) is 12.0. The van der Waals surface area contributed by atoms with Gasteiger partial charge in [0.05, 0.1) is 16.9 Å². The summed E-state index contributed by atoms with van der Waals surface area (Å²) >= 11 is 0. The molecule has 4 aromatic rings. The number of nitrogens with zero attached hydrogens (tertiary/aromatic N) is 2. The first kappa shape index (κ1) is 12.8. The van der Waals surface area contributed by atoms with Gasteiger partial charge in [-0.15, -0.1) is 0 Å². The Kier molecular flexibility index (Phi) is 2.67. The number of benzene rings is 1. The second kappa shape index (κ2) is 4.57. The van der Waals surface area contributed by atoms with Gasteiger partial charge in [0.25, 0.3) is 0 Å². The third-order valence-corrected chi connectivity index (χ3v) is 3.77. The molecule has 0 bridgehead atoms. The van der Waals surface area contributed by atoms with Gasteiger partial charge in [-0.2, -0.15) is 0 Å². The van der Waals surface area contributed by atoms with Crippen molar-refractivity contribution in [1.29, 1.82) is 0 Å². The molecule has 6 nitrogen and oxygen atoms in total. The zero-order chi connectivity index (χ0) is 15.3. The standard InChI is InChI=1S/C16H14N4O2/c1-9-4-5-20-12(8-17)15(19-14(20)6-9)10-2-3-11-13(7-10)22-16(21)18-11/h2-7H,8,17H2,1H3,(H,18,21). The van der Waals surface area contributed by atoms with Crippen molar-refractivity contribution in [3.05, 3.63) is 58.3 Å². The van der Waals surface area contributed by atoms with Crippen molar-refractivity contribution in [1.82, 2.24) is 14.4 Å². The van der Waals surface area contributed by atoms with Crippen molar-refractivity contribution in [2.75, 3.05) is 0 Å². The molecular formula is C16H14N4O2. The molecule has 4 rings (SSSR count). The van der Waals surface area contributed by atoms with Crippen molar-refractivity contribution in [2.24, 2.45) is 5.73 Å². The van der Waals surface area contributed by atoms with E-state index < -0.39 is 5.76 Å². The van der Waals surface area contributed by atoms with E-state index in [-0.39, 0.29) is 0 Å². The Morgan fingerprint density at radius 1 is 1.32 bits per heavy atom. The lowest BCUT2D eigenvalue weighted by atomic mass is 10.1. The first-order chi connectivity index (χ1) is 10.7. The monoisotopic (exact) mass is 294 g/mol. The van der Waals surface area contributed by atoms with Gasteiger partial charge in [-0.05, 0) is 36.8 Å². The lowest BCUT2D eigenvalue weighted by Gasteiger charge is -2.02. The molecule has 110 valence electrons. The van der Waals surface area contributed by atoms with E-state index >= 15 is 0 Å². The van der Waals surface area contributed by atoms with Crippen molar-refractivity contribution in [2.45, 2.75) is 13.5 Å². The van der Waals surface area contributed by atoms with Crippen LogP contribution in [0.2, 0.25) is 0 Å². The molecule has 0 amide bonds. The van der Waals surface area contributed by atoms with Crippen LogP contribution >= 0.6 is 0 Å². The maximum absolute atomic E-state index is 11.3. The summed E-state index contributed by atoms with van der Waals surface area (Å²) in [6.07, 6.45) is 1.97. The van der Waals surface area contributed by atoms with Crippen molar-refractivity contribution in [3.63, 3.8) is 0 Å². The normalized spacial score (nSPS) is 11.5. The minimum absolute atomic E-state index is 0.370. The fourth-order valence-electron chi connectivity index (χ4n) is 2.72. The lowest BCUT2D eigenvalue weighted by molar-refractivity contribution is 0.555. The van der Waals surface area contributed by atoms with Crippen molar-refractivity contribution < 1.29 is 4.42 Å². The Labute approximate surface area is 125 Å². The van der Waals surface area contributed by atoms with Crippen LogP contribution in [0.4, 0.5) is 0 Å². The molecule has 0 radical (unpaired) electrons. The van der Waals surface area contributed by atoms with E-state index in [4.69, 9.17) is 10.2 Å². The van der Waals surface area contributed by atoms with Gasteiger partial charge in [0, 0.05) is 18.3 Å². The predicted molar refractivity (Wildman–Crippen MR) is 83.6 cm³/mol. The van der Waals surface area contributed by atoms with E-state index in [0.29, 0.717) is 17.6 Å². The molecule has 0 saturated carbocycles. The summed E-state index contributed by atoms with van der Waals surface area (Å²) in [4.78, 5) is 18.6. The summed E-state index contributed by atoms with van der Waals surface area (Å²) < 4.78 is 7.11.